The van der Waals surface area contributed by atoms with E-state index in [-0.39, 0.29) is 30.2 Å². The van der Waals surface area contributed by atoms with Gasteiger partial charge >= 0.3 is 5.97 Å². The van der Waals surface area contributed by atoms with E-state index in [1.165, 1.54) is 72.8 Å². The minimum atomic E-state index is -0.533. The summed E-state index contributed by atoms with van der Waals surface area (Å²) in [7, 11) is 0. The quantitative estimate of drug-likeness (QED) is 0.181. The number of hydrogen-bond acceptors (Lipinski definition) is 6. The van der Waals surface area contributed by atoms with E-state index in [2.05, 4.69) is 0 Å². The first-order chi connectivity index (χ1) is 14.4. The number of non-ortho nitro benzene ring substituents is 1. The van der Waals surface area contributed by atoms with Gasteiger partial charge in [-0.1, -0.05) is 0 Å². The Morgan fingerprint density at radius 1 is 0.833 bits per heavy atom. The number of nitrogens with zero attached hydrogens (tertiary/aromatic N) is 1. The van der Waals surface area contributed by atoms with Crippen LogP contribution in [-0.2, 0) is 4.79 Å². The molecule has 7 nitrogen and oxygen atoms in total. The molecule has 0 unspecified atom stereocenters. The minimum Gasteiger partial charge on any atom is -0.493 e. The third-order valence-electron chi connectivity index (χ3n) is 4.08. The highest BCUT2D eigenvalue weighted by molar-refractivity contribution is 6.09. The van der Waals surface area contributed by atoms with Crippen LogP contribution in [0.4, 0.5) is 10.1 Å². The lowest BCUT2D eigenvalue weighted by molar-refractivity contribution is -0.384. The fourth-order valence-electron chi connectivity index (χ4n) is 2.54. The number of hydrogen-bond donors (Lipinski definition) is 0. The average Bonchev–Trinajstić information content (AvgIpc) is 2.75. The SMILES string of the molecule is O=C(CCOc1ccc([N+](=O)[O-])cc1)Oc1ccc(C(=O)c2ccc(F)cc2)cc1. The van der Waals surface area contributed by atoms with E-state index in [9.17, 15) is 24.1 Å². The van der Waals surface area contributed by atoms with E-state index in [4.69, 9.17) is 9.47 Å². The number of benzene rings is 3. The Kier molecular flexibility index (Phi) is 6.49. The molecule has 0 saturated carbocycles. The molecule has 3 aromatic carbocycles. The zero-order valence-electron chi connectivity index (χ0n) is 15.6. The van der Waals surface area contributed by atoms with Crippen molar-refractivity contribution >= 4 is 17.4 Å². The van der Waals surface area contributed by atoms with Gasteiger partial charge in [-0.3, -0.25) is 19.7 Å². The smallest absolute Gasteiger partial charge is 0.314 e. The van der Waals surface area contributed by atoms with Gasteiger partial charge in [-0.25, -0.2) is 4.39 Å². The number of nitro groups is 1. The van der Waals surface area contributed by atoms with Crippen molar-refractivity contribution in [3.63, 3.8) is 0 Å². The molecule has 152 valence electrons. The molecule has 0 N–H and O–H groups in total. The molecule has 0 aliphatic rings. The molecule has 3 rings (SSSR count). The molecule has 0 aliphatic heterocycles. The monoisotopic (exact) mass is 409 g/mol. The standard InChI is InChI=1S/C22H16FNO6/c23-17-5-1-15(2-6-17)22(26)16-3-9-20(10-4-16)30-21(25)13-14-29-19-11-7-18(8-12-19)24(27)28/h1-12H,13-14H2. The third-order valence-corrected chi connectivity index (χ3v) is 4.08. The van der Waals surface area contributed by atoms with Crippen molar-refractivity contribution in [2.24, 2.45) is 0 Å². The van der Waals surface area contributed by atoms with Gasteiger partial charge in [-0.05, 0) is 60.7 Å². The van der Waals surface area contributed by atoms with Crippen LogP contribution in [0.3, 0.4) is 0 Å². The first kappa shape index (κ1) is 20.7. The first-order valence-electron chi connectivity index (χ1n) is 8.90. The van der Waals surface area contributed by atoms with Gasteiger partial charge in [0.1, 0.15) is 17.3 Å². The Balaban J connectivity index is 1.48. The summed E-state index contributed by atoms with van der Waals surface area (Å²) in [6.07, 6.45) is -0.0345. The second-order valence-electron chi connectivity index (χ2n) is 6.18. The molecule has 30 heavy (non-hydrogen) atoms. The van der Waals surface area contributed by atoms with Gasteiger partial charge in [0.2, 0.25) is 0 Å². The van der Waals surface area contributed by atoms with E-state index < -0.39 is 16.7 Å². The van der Waals surface area contributed by atoms with Gasteiger partial charge in [0, 0.05) is 23.3 Å². The van der Waals surface area contributed by atoms with Crippen LogP contribution < -0.4 is 9.47 Å². The van der Waals surface area contributed by atoms with E-state index in [1.807, 2.05) is 0 Å². The molecule has 0 radical (unpaired) electrons. The maximum absolute atomic E-state index is 13.0. The summed E-state index contributed by atoms with van der Waals surface area (Å²) in [6.45, 7) is 0.0395. The van der Waals surface area contributed by atoms with Crippen LogP contribution >= 0.6 is 0 Å². The molecule has 0 bridgehead atoms. The third kappa shape index (κ3) is 5.48. The van der Waals surface area contributed by atoms with Crippen molar-refractivity contribution in [1.82, 2.24) is 0 Å². The average molecular weight is 409 g/mol. The molecule has 0 spiro atoms. The van der Waals surface area contributed by atoms with Crippen molar-refractivity contribution in [1.29, 1.82) is 0 Å². The van der Waals surface area contributed by atoms with Crippen molar-refractivity contribution in [3.8, 4) is 11.5 Å². The Morgan fingerprint density at radius 2 is 1.37 bits per heavy atom. The molecule has 3 aromatic rings. The predicted octanol–water partition coefficient (Wildman–Crippen LogP) is 4.34. The number of rotatable bonds is 8. The van der Waals surface area contributed by atoms with Crippen LogP contribution in [-0.4, -0.2) is 23.3 Å². The van der Waals surface area contributed by atoms with Gasteiger partial charge in [0.25, 0.3) is 5.69 Å². The van der Waals surface area contributed by atoms with Gasteiger partial charge in [-0.15, -0.1) is 0 Å². The van der Waals surface area contributed by atoms with E-state index in [0.717, 1.165) is 0 Å². The number of esters is 1. The lowest BCUT2D eigenvalue weighted by Gasteiger charge is -2.07. The Hall–Kier alpha value is -4.07. The van der Waals surface area contributed by atoms with E-state index in [0.29, 0.717) is 16.9 Å². The molecule has 8 heteroatoms. The van der Waals surface area contributed by atoms with Crippen LogP contribution in [0.5, 0.6) is 11.5 Å². The molecule has 0 aliphatic carbocycles. The number of carbonyl (C=O) groups excluding carboxylic acids is 2. The molecule has 0 aromatic heterocycles. The largest absolute Gasteiger partial charge is 0.493 e. The van der Waals surface area contributed by atoms with Crippen LogP contribution in [0.2, 0.25) is 0 Å². The molecular weight excluding hydrogens is 393 g/mol. The summed E-state index contributed by atoms with van der Waals surface area (Å²) >= 11 is 0. The van der Waals surface area contributed by atoms with Crippen molar-refractivity contribution < 1.29 is 28.4 Å². The van der Waals surface area contributed by atoms with Crippen molar-refractivity contribution in [2.45, 2.75) is 6.42 Å². The van der Waals surface area contributed by atoms with E-state index in [1.54, 1.807) is 0 Å². The Labute approximate surface area is 170 Å². The number of carbonyl (C=O) groups is 2. The van der Waals surface area contributed by atoms with Gasteiger partial charge in [-0.2, -0.15) is 0 Å². The second kappa shape index (κ2) is 9.42. The molecule has 0 heterocycles. The normalized spacial score (nSPS) is 10.3. The zero-order chi connectivity index (χ0) is 21.5. The topological polar surface area (TPSA) is 95.7 Å². The van der Waals surface area contributed by atoms with Crippen LogP contribution in [0, 0.1) is 15.9 Å². The highest BCUT2D eigenvalue weighted by Gasteiger charge is 2.11. The summed E-state index contributed by atoms with van der Waals surface area (Å²) in [5.41, 5.74) is 0.676. The van der Waals surface area contributed by atoms with Gasteiger partial charge < -0.3 is 9.47 Å². The van der Waals surface area contributed by atoms with Crippen LogP contribution in [0.1, 0.15) is 22.3 Å². The first-order valence-corrected chi connectivity index (χ1v) is 8.90. The lowest BCUT2D eigenvalue weighted by Crippen LogP contribution is -2.12. The Bertz CT molecular complexity index is 1050. The zero-order valence-corrected chi connectivity index (χ0v) is 15.6. The van der Waals surface area contributed by atoms with Crippen molar-refractivity contribution in [3.05, 3.63) is 99.9 Å². The molecule has 0 amide bonds. The summed E-state index contributed by atoms with van der Waals surface area (Å²) in [5, 5.41) is 10.6. The number of nitro benzene ring substituents is 1. The summed E-state index contributed by atoms with van der Waals surface area (Å²) in [4.78, 5) is 34.4. The maximum atomic E-state index is 13.0. The number of ketones is 1. The number of halogens is 1. The van der Waals surface area contributed by atoms with Crippen molar-refractivity contribution in [2.75, 3.05) is 6.61 Å². The number of ether oxygens (including phenoxy) is 2. The van der Waals surface area contributed by atoms with Gasteiger partial charge in [0.15, 0.2) is 5.78 Å². The summed E-state index contributed by atoms with van der Waals surface area (Å²) in [6, 6.07) is 16.7. The molecule has 0 fully saturated rings. The van der Waals surface area contributed by atoms with Crippen LogP contribution in [0.15, 0.2) is 72.8 Å². The predicted molar refractivity (Wildman–Crippen MR) is 105 cm³/mol. The summed E-state index contributed by atoms with van der Waals surface area (Å²) < 4.78 is 23.5. The summed E-state index contributed by atoms with van der Waals surface area (Å²) in [5.74, 6) is -0.562. The fourth-order valence-corrected chi connectivity index (χ4v) is 2.54. The lowest BCUT2D eigenvalue weighted by atomic mass is 10.0. The Morgan fingerprint density at radius 3 is 1.93 bits per heavy atom. The second-order valence-corrected chi connectivity index (χ2v) is 6.18. The fraction of sp³-hybridized carbons (Fsp3) is 0.0909. The minimum absolute atomic E-state index is 0.0345. The molecule has 0 atom stereocenters. The van der Waals surface area contributed by atoms with Gasteiger partial charge in [0.05, 0.1) is 18.0 Å². The molecule has 0 saturated heterocycles. The highest BCUT2D eigenvalue weighted by Crippen LogP contribution is 2.18. The van der Waals surface area contributed by atoms with E-state index >= 15 is 0 Å². The molecular formula is C22H16FNO6. The maximum Gasteiger partial charge on any atom is 0.314 e. The van der Waals surface area contributed by atoms with Crippen LogP contribution in [0.25, 0.3) is 0 Å². The highest BCUT2D eigenvalue weighted by atomic mass is 19.1.